The average Bonchev–Trinajstić information content (AvgIpc) is 2.09. The molecule has 1 rings (SSSR count). The number of benzene rings is 1. The van der Waals surface area contributed by atoms with Gasteiger partial charge in [-0.2, -0.15) is 8.78 Å². The first-order valence-electron chi connectivity index (χ1n) is 4.00. The summed E-state index contributed by atoms with van der Waals surface area (Å²) in [5.41, 5.74) is 0.542. The maximum Gasteiger partial charge on any atom is 0.387 e. The number of hydrogen-bond donors (Lipinski definition) is 0. The van der Waals surface area contributed by atoms with Crippen molar-refractivity contribution in [3.63, 3.8) is 0 Å². The minimum atomic E-state index is -2.82. The average molecular weight is 219 g/mol. The van der Waals surface area contributed by atoms with Crippen LogP contribution in [0.15, 0.2) is 24.3 Å². The molecule has 0 aliphatic heterocycles. The van der Waals surface area contributed by atoms with Gasteiger partial charge in [-0.15, -0.1) is 0 Å². The Bertz CT molecular complexity index is 337. The van der Waals surface area contributed by atoms with Crippen LogP contribution in [-0.2, 0) is 0 Å². The van der Waals surface area contributed by atoms with Crippen LogP contribution in [0.5, 0.6) is 5.75 Å². The Morgan fingerprint density at radius 2 is 2.14 bits per heavy atom. The van der Waals surface area contributed by atoms with Crippen molar-refractivity contribution in [2.45, 2.75) is 13.5 Å². The van der Waals surface area contributed by atoms with E-state index < -0.39 is 6.61 Å². The summed E-state index contributed by atoms with van der Waals surface area (Å²) in [5.74, 6) is 0.127. The molecule has 0 amide bonds. The van der Waals surface area contributed by atoms with Crippen molar-refractivity contribution in [3.8, 4) is 5.75 Å². The van der Waals surface area contributed by atoms with Crippen LogP contribution in [0, 0.1) is 0 Å². The molecule has 14 heavy (non-hydrogen) atoms. The van der Waals surface area contributed by atoms with Crippen LogP contribution in [-0.4, -0.2) is 6.61 Å². The molecule has 4 heteroatoms. The molecule has 0 spiro atoms. The topological polar surface area (TPSA) is 9.23 Å². The van der Waals surface area contributed by atoms with Crippen molar-refractivity contribution >= 4 is 17.7 Å². The molecule has 0 bridgehead atoms. The van der Waals surface area contributed by atoms with Crippen molar-refractivity contribution in [2.75, 3.05) is 0 Å². The van der Waals surface area contributed by atoms with Gasteiger partial charge in [0.1, 0.15) is 5.75 Å². The number of ether oxygens (including phenoxy) is 1. The molecule has 1 nitrogen and oxygen atoms in total. The molecule has 0 heterocycles. The van der Waals surface area contributed by atoms with Crippen molar-refractivity contribution in [3.05, 3.63) is 34.9 Å². The first-order chi connectivity index (χ1) is 6.63. The summed E-state index contributed by atoms with van der Waals surface area (Å²) in [6.07, 6.45) is 3.38. The lowest BCUT2D eigenvalue weighted by atomic mass is 10.2. The summed E-state index contributed by atoms with van der Waals surface area (Å²) in [6.45, 7) is -1.03. The van der Waals surface area contributed by atoms with Crippen molar-refractivity contribution < 1.29 is 13.5 Å². The summed E-state index contributed by atoms with van der Waals surface area (Å²) in [7, 11) is 0. The molecule has 0 aliphatic carbocycles. The van der Waals surface area contributed by atoms with E-state index in [1.165, 1.54) is 12.1 Å². The van der Waals surface area contributed by atoms with Crippen LogP contribution in [0.3, 0.4) is 0 Å². The van der Waals surface area contributed by atoms with Gasteiger partial charge in [-0.25, -0.2) is 0 Å². The van der Waals surface area contributed by atoms with Gasteiger partial charge < -0.3 is 4.74 Å². The molecule has 1 aromatic rings. The van der Waals surface area contributed by atoms with Crippen LogP contribution in [0.4, 0.5) is 8.78 Å². The van der Waals surface area contributed by atoms with Gasteiger partial charge in [-0.05, 0) is 25.1 Å². The highest BCUT2D eigenvalue weighted by atomic mass is 35.5. The van der Waals surface area contributed by atoms with Gasteiger partial charge in [-0.3, -0.25) is 0 Å². The lowest BCUT2D eigenvalue weighted by molar-refractivity contribution is -0.0499. The van der Waals surface area contributed by atoms with E-state index in [4.69, 9.17) is 11.6 Å². The zero-order chi connectivity index (χ0) is 10.6. The van der Waals surface area contributed by atoms with E-state index in [0.717, 1.165) is 0 Å². The monoisotopic (exact) mass is 218 g/mol. The molecule has 0 fully saturated rings. The fourth-order valence-corrected chi connectivity index (χ4v) is 1.21. The van der Waals surface area contributed by atoms with Gasteiger partial charge in [0.05, 0.1) is 0 Å². The van der Waals surface area contributed by atoms with Crippen LogP contribution in [0.2, 0.25) is 5.02 Å². The lowest BCUT2D eigenvalue weighted by Crippen LogP contribution is -2.03. The van der Waals surface area contributed by atoms with E-state index in [0.29, 0.717) is 10.6 Å². The van der Waals surface area contributed by atoms with E-state index in [2.05, 4.69) is 4.74 Å². The second-order valence-electron chi connectivity index (χ2n) is 2.56. The molecular formula is C10H9ClF2O. The van der Waals surface area contributed by atoms with E-state index in [1.54, 1.807) is 25.1 Å². The number of allylic oxidation sites excluding steroid dienone is 1. The zero-order valence-electron chi connectivity index (χ0n) is 7.51. The molecule has 76 valence electrons. The van der Waals surface area contributed by atoms with Gasteiger partial charge in [-0.1, -0.05) is 23.8 Å². The van der Waals surface area contributed by atoms with Gasteiger partial charge in [0, 0.05) is 10.6 Å². The Morgan fingerprint density at radius 1 is 1.43 bits per heavy atom. The first-order valence-corrected chi connectivity index (χ1v) is 4.38. The summed E-state index contributed by atoms with van der Waals surface area (Å²) < 4.78 is 28.2. The third-order valence-corrected chi connectivity index (χ3v) is 1.77. The fraction of sp³-hybridized carbons (Fsp3) is 0.200. The number of hydrogen-bond acceptors (Lipinski definition) is 1. The smallest absolute Gasteiger partial charge is 0.387 e. The Hall–Kier alpha value is -1.09. The fourth-order valence-electron chi connectivity index (χ4n) is 1.03. The number of halogens is 3. The molecule has 1 aromatic carbocycles. The van der Waals surface area contributed by atoms with Gasteiger partial charge in [0.2, 0.25) is 0 Å². The van der Waals surface area contributed by atoms with Crippen LogP contribution in [0.25, 0.3) is 6.08 Å². The molecular weight excluding hydrogens is 210 g/mol. The predicted octanol–water partition coefficient (Wildman–Crippen LogP) is 3.97. The van der Waals surface area contributed by atoms with Gasteiger partial charge in [0.15, 0.2) is 0 Å². The Morgan fingerprint density at radius 3 is 2.71 bits per heavy atom. The summed E-state index contributed by atoms with van der Waals surface area (Å²) in [6, 6.07) is 4.50. The highest BCUT2D eigenvalue weighted by molar-refractivity contribution is 6.30. The summed E-state index contributed by atoms with van der Waals surface area (Å²) in [4.78, 5) is 0. The van der Waals surface area contributed by atoms with Gasteiger partial charge in [0.25, 0.3) is 0 Å². The van der Waals surface area contributed by atoms with Crippen LogP contribution < -0.4 is 4.74 Å². The van der Waals surface area contributed by atoms with Crippen LogP contribution >= 0.6 is 11.6 Å². The maximum atomic E-state index is 12.0. The normalized spacial score (nSPS) is 11.2. The molecule has 0 saturated heterocycles. The van der Waals surface area contributed by atoms with E-state index in [-0.39, 0.29) is 5.75 Å². The minimum absolute atomic E-state index is 0.127. The van der Waals surface area contributed by atoms with Crippen LogP contribution in [0.1, 0.15) is 12.5 Å². The molecule has 0 atom stereocenters. The van der Waals surface area contributed by atoms with Crippen molar-refractivity contribution in [1.29, 1.82) is 0 Å². The second kappa shape index (κ2) is 4.96. The minimum Gasteiger partial charge on any atom is -0.434 e. The van der Waals surface area contributed by atoms with Crippen molar-refractivity contribution in [2.24, 2.45) is 0 Å². The Balaban J connectivity index is 3.01. The third-order valence-electron chi connectivity index (χ3n) is 1.53. The molecule has 0 unspecified atom stereocenters. The highest BCUT2D eigenvalue weighted by Crippen LogP contribution is 2.25. The predicted molar refractivity (Wildman–Crippen MR) is 52.8 cm³/mol. The Kier molecular flexibility index (Phi) is 3.89. The Labute approximate surface area is 85.9 Å². The highest BCUT2D eigenvalue weighted by Gasteiger charge is 2.07. The van der Waals surface area contributed by atoms with E-state index in [1.807, 2.05) is 0 Å². The number of rotatable bonds is 3. The van der Waals surface area contributed by atoms with E-state index >= 15 is 0 Å². The summed E-state index contributed by atoms with van der Waals surface area (Å²) >= 11 is 5.71. The molecule has 0 aromatic heterocycles. The van der Waals surface area contributed by atoms with E-state index in [9.17, 15) is 8.78 Å². The van der Waals surface area contributed by atoms with Crippen molar-refractivity contribution in [1.82, 2.24) is 0 Å². The molecule has 0 aliphatic rings. The number of alkyl halides is 2. The quantitative estimate of drug-likeness (QED) is 0.746. The SMILES string of the molecule is CC=Cc1cc(Cl)ccc1OC(F)F. The third kappa shape index (κ3) is 3.00. The maximum absolute atomic E-state index is 12.0. The first kappa shape index (κ1) is 11.0. The lowest BCUT2D eigenvalue weighted by Gasteiger charge is -2.07. The second-order valence-corrected chi connectivity index (χ2v) is 3.00. The zero-order valence-corrected chi connectivity index (χ0v) is 8.26. The molecule has 0 saturated carbocycles. The van der Waals surface area contributed by atoms with Gasteiger partial charge >= 0.3 is 6.61 Å². The molecule has 0 N–H and O–H groups in total. The largest absolute Gasteiger partial charge is 0.434 e. The molecule has 0 radical (unpaired) electrons. The summed E-state index contributed by atoms with van der Waals surface area (Å²) in [5, 5.41) is 0.486. The standard InChI is InChI=1S/C10H9ClF2O/c1-2-3-7-6-8(11)4-5-9(7)14-10(12)13/h2-6,10H,1H3.